The molecule has 0 radical (unpaired) electrons. The predicted octanol–water partition coefficient (Wildman–Crippen LogP) is 8.22. The van der Waals surface area contributed by atoms with Crippen LogP contribution in [0, 0.1) is 6.92 Å². The van der Waals surface area contributed by atoms with Gasteiger partial charge in [0.15, 0.2) is 0 Å². The minimum absolute atomic E-state index is 0.260. The van der Waals surface area contributed by atoms with Crippen molar-refractivity contribution in [1.29, 1.82) is 0 Å². The van der Waals surface area contributed by atoms with Crippen LogP contribution in [0.25, 0.3) is 5.69 Å². The first-order valence-electron chi connectivity index (χ1n) is 11.9. The Labute approximate surface area is 231 Å². The quantitative estimate of drug-likeness (QED) is 0.200. The molecule has 8 heteroatoms. The highest BCUT2D eigenvalue weighted by atomic mass is 35.5. The maximum atomic E-state index is 11.0. The molecule has 1 aromatic heterocycles. The lowest BCUT2D eigenvalue weighted by Gasteiger charge is -2.15. The lowest BCUT2D eigenvalue weighted by Crippen LogP contribution is -2.09. The van der Waals surface area contributed by atoms with Crippen molar-refractivity contribution < 1.29 is 14.6 Å². The highest BCUT2D eigenvalue weighted by molar-refractivity contribution is 7.99. The molecule has 192 valence electrons. The van der Waals surface area contributed by atoms with Crippen LogP contribution in [0.3, 0.4) is 0 Å². The number of aryl methyl sites for hydroxylation is 2. The standard InChI is InChI=1S/C29H28Cl2N2O3S/c1-18(2)24-16-32-33(28-25(30)5-4-6-26(28)31)27(24)17-36-22-10-7-20(19(3)15-22)13-14-37-23-11-8-21(9-12-23)29(34)35/h4-12,15-16,18H,13-14,17H2,1-3H3,(H,34,35). The zero-order valence-corrected chi connectivity index (χ0v) is 23.2. The lowest BCUT2D eigenvalue weighted by molar-refractivity contribution is 0.0697. The van der Waals surface area contributed by atoms with Gasteiger partial charge in [-0.3, -0.25) is 0 Å². The van der Waals surface area contributed by atoms with E-state index in [-0.39, 0.29) is 5.92 Å². The van der Waals surface area contributed by atoms with E-state index in [4.69, 9.17) is 33.0 Å². The topological polar surface area (TPSA) is 64.4 Å². The van der Waals surface area contributed by atoms with Crippen LogP contribution < -0.4 is 4.74 Å². The van der Waals surface area contributed by atoms with Gasteiger partial charge >= 0.3 is 5.97 Å². The third kappa shape index (κ3) is 6.50. The number of para-hydroxylation sites is 1. The molecule has 37 heavy (non-hydrogen) atoms. The number of nitrogens with zero attached hydrogens (tertiary/aromatic N) is 2. The molecule has 5 nitrogen and oxygen atoms in total. The van der Waals surface area contributed by atoms with Crippen LogP contribution in [0.5, 0.6) is 5.75 Å². The number of carbonyl (C=O) groups is 1. The SMILES string of the molecule is Cc1cc(OCc2c(C(C)C)cnn2-c2c(Cl)cccc2Cl)ccc1CCSc1ccc(C(=O)O)cc1. The summed E-state index contributed by atoms with van der Waals surface area (Å²) in [6.07, 6.45) is 2.75. The number of carboxylic acid groups (broad SMARTS) is 1. The first kappa shape index (κ1) is 27.1. The third-order valence-corrected chi connectivity index (χ3v) is 7.73. The fourth-order valence-electron chi connectivity index (χ4n) is 4.06. The first-order chi connectivity index (χ1) is 17.7. The Bertz CT molecular complexity index is 1380. The number of aromatic nitrogens is 2. The normalized spacial score (nSPS) is 11.2. The van der Waals surface area contributed by atoms with E-state index in [1.54, 1.807) is 40.7 Å². The smallest absolute Gasteiger partial charge is 0.335 e. The Hall–Kier alpha value is -2.93. The number of rotatable bonds is 10. The van der Waals surface area contributed by atoms with Crippen LogP contribution >= 0.6 is 35.0 Å². The van der Waals surface area contributed by atoms with E-state index >= 15 is 0 Å². The van der Waals surface area contributed by atoms with Crippen molar-refractivity contribution >= 4 is 40.9 Å². The minimum Gasteiger partial charge on any atom is -0.487 e. The Morgan fingerprint density at radius 2 is 1.78 bits per heavy atom. The Morgan fingerprint density at radius 3 is 2.41 bits per heavy atom. The average molecular weight is 556 g/mol. The van der Waals surface area contributed by atoms with Gasteiger partial charge in [0.05, 0.1) is 27.5 Å². The number of carboxylic acids is 1. The van der Waals surface area contributed by atoms with Gasteiger partial charge in [-0.05, 0) is 84.5 Å². The summed E-state index contributed by atoms with van der Waals surface area (Å²) in [4.78, 5) is 12.1. The molecule has 1 heterocycles. The Kier molecular flexibility index (Phi) is 8.85. The van der Waals surface area contributed by atoms with Crippen molar-refractivity contribution in [3.05, 3.63) is 105 Å². The predicted molar refractivity (Wildman–Crippen MR) is 151 cm³/mol. The van der Waals surface area contributed by atoms with Crippen LogP contribution in [0.4, 0.5) is 0 Å². The number of thioether (sulfide) groups is 1. The van der Waals surface area contributed by atoms with Crippen molar-refractivity contribution in [3.63, 3.8) is 0 Å². The van der Waals surface area contributed by atoms with Crippen molar-refractivity contribution in [2.75, 3.05) is 5.75 Å². The van der Waals surface area contributed by atoms with E-state index in [1.807, 2.05) is 30.5 Å². The molecule has 1 N–H and O–H groups in total. The minimum atomic E-state index is -0.910. The molecule has 4 rings (SSSR count). The summed E-state index contributed by atoms with van der Waals surface area (Å²) in [6.45, 7) is 6.66. The molecule has 0 amide bonds. The largest absolute Gasteiger partial charge is 0.487 e. The van der Waals surface area contributed by atoms with Gasteiger partial charge in [-0.1, -0.05) is 49.2 Å². The van der Waals surface area contributed by atoms with Crippen molar-refractivity contribution in [2.24, 2.45) is 0 Å². The van der Waals surface area contributed by atoms with Gasteiger partial charge in [0, 0.05) is 10.6 Å². The Balaban J connectivity index is 1.43. The maximum Gasteiger partial charge on any atom is 0.335 e. The van der Waals surface area contributed by atoms with Gasteiger partial charge in [0.2, 0.25) is 0 Å². The molecular formula is C29H28Cl2N2O3S. The highest BCUT2D eigenvalue weighted by Gasteiger charge is 2.19. The van der Waals surface area contributed by atoms with E-state index < -0.39 is 5.97 Å². The molecule has 0 atom stereocenters. The van der Waals surface area contributed by atoms with Crippen molar-refractivity contribution in [1.82, 2.24) is 9.78 Å². The van der Waals surface area contributed by atoms with Gasteiger partial charge in [-0.25, -0.2) is 9.48 Å². The van der Waals surface area contributed by atoms with E-state index in [2.05, 4.69) is 38.0 Å². The van der Waals surface area contributed by atoms with Crippen LogP contribution in [0.15, 0.2) is 71.8 Å². The number of ether oxygens (including phenoxy) is 1. The molecule has 4 aromatic rings. The molecule has 0 saturated heterocycles. The van der Waals surface area contributed by atoms with Crippen LogP contribution in [0.1, 0.15) is 52.5 Å². The number of hydrogen-bond donors (Lipinski definition) is 1. The monoisotopic (exact) mass is 554 g/mol. The lowest BCUT2D eigenvalue weighted by atomic mass is 10.0. The van der Waals surface area contributed by atoms with Crippen LogP contribution in [0.2, 0.25) is 10.0 Å². The molecule has 0 spiro atoms. The van der Waals surface area contributed by atoms with Crippen molar-refractivity contribution in [2.45, 2.75) is 44.6 Å². The summed E-state index contributed by atoms with van der Waals surface area (Å²) < 4.78 is 8.00. The molecule has 0 aliphatic heterocycles. The van der Waals surface area contributed by atoms with E-state index in [9.17, 15) is 4.79 Å². The van der Waals surface area contributed by atoms with Crippen LogP contribution in [-0.2, 0) is 13.0 Å². The number of benzene rings is 3. The van der Waals surface area contributed by atoms with E-state index in [0.29, 0.717) is 27.9 Å². The molecule has 0 fully saturated rings. The summed E-state index contributed by atoms with van der Waals surface area (Å²) in [5.74, 6) is 1.02. The number of halogens is 2. The summed E-state index contributed by atoms with van der Waals surface area (Å²) in [6, 6.07) is 18.5. The first-order valence-corrected chi connectivity index (χ1v) is 13.7. The van der Waals surface area contributed by atoms with E-state index in [1.165, 1.54) is 5.56 Å². The zero-order chi connectivity index (χ0) is 26.5. The van der Waals surface area contributed by atoms with Gasteiger partial charge in [0.1, 0.15) is 18.0 Å². The molecule has 0 unspecified atom stereocenters. The van der Waals surface area contributed by atoms with Crippen molar-refractivity contribution in [3.8, 4) is 11.4 Å². The molecule has 0 aliphatic rings. The highest BCUT2D eigenvalue weighted by Crippen LogP contribution is 2.32. The summed E-state index contributed by atoms with van der Waals surface area (Å²) in [5, 5.41) is 14.7. The molecular weight excluding hydrogens is 527 g/mol. The second-order valence-electron chi connectivity index (χ2n) is 8.99. The summed E-state index contributed by atoms with van der Waals surface area (Å²) >= 11 is 14.6. The fourth-order valence-corrected chi connectivity index (χ4v) is 5.50. The zero-order valence-electron chi connectivity index (χ0n) is 20.9. The maximum absolute atomic E-state index is 11.0. The van der Waals surface area contributed by atoms with Gasteiger partial charge in [-0.15, -0.1) is 11.8 Å². The molecule has 0 aliphatic carbocycles. The second kappa shape index (κ2) is 12.1. The average Bonchev–Trinajstić information content (AvgIpc) is 3.28. The molecule has 0 saturated carbocycles. The van der Waals surface area contributed by atoms with E-state index in [0.717, 1.165) is 39.6 Å². The second-order valence-corrected chi connectivity index (χ2v) is 11.0. The third-order valence-electron chi connectivity index (χ3n) is 6.10. The summed E-state index contributed by atoms with van der Waals surface area (Å²) in [5.41, 5.74) is 5.35. The van der Waals surface area contributed by atoms with Gasteiger partial charge in [-0.2, -0.15) is 5.10 Å². The molecule has 3 aromatic carbocycles. The number of hydrogen-bond acceptors (Lipinski definition) is 4. The number of aromatic carboxylic acids is 1. The van der Waals surface area contributed by atoms with Gasteiger partial charge in [0.25, 0.3) is 0 Å². The van der Waals surface area contributed by atoms with Gasteiger partial charge < -0.3 is 9.84 Å². The fraction of sp³-hybridized carbons (Fsp3) is 0.241. The molecule has 0 bridgehead atoms. The Morgan fingerprint density at radius 1 is 1.08 bits per heavy atom. The van der Waals surface area contributed by atoms with Crippen LogP contribution in [-0.4, -0.2) is 26.6 Å². The summed E-state index contributed by atoms with van der Waals surface area (Å²) in [7, 11) is 0.